The summed E-state index contributed by atoms with van der Waals surface area (Å²) in [6.07, 6.45) is 2.12. The highest BCUT2D eigenvalue weighted by Crippen LogP contribution is 2.31. The van der Waals surface area contributed by atoms with Gasteiger partial charge in [0.15, 0.2) is 11.5 Å². The van der Waals surface area contributed by atoms with Gasteiger partial charge < -0.3 is 14.4 Å². The van der Waals surface area contributed by atoms with Gasteiger partial charge in [0.25, 0.3) is 5.69 Å². The lowest BCUT2D eigenvalue weighted by atomic mass is 9.93. The van der Waals surface area contributed by atoms with Crippen LogP contribution in [0.1, 0.15) is 26.7 Å². The number of nitro benzene ring substituents is 1. The fourth-order valence-corrected chi connectivity index (χ4v) is 2.78. The van der Waals surface area contributed by atoms with E-state index in [0.29, 0.717) is 23.5 Å². The lowest BCUT2D eigenvalue weighted by molar-refractivity contribution is -0.385. The van der Waals surface area contributed by atoms with Crippen LogP contribution < -0.4 is 9.47 Å². The molecule has 0 N–H and O–H groups in total. The summed E-state index contributed by atoms with van der Waals surface area (Å²) >= 11 is 0. The van der Waals surface area contributed by atoms with Crippen molar-refractivity contribution in [3.8, 4) is 11.5 Å². The zero-order valence-electron chi connectivity index (χ0n) is 13.5. The van der Waals surface area contributed by atoms with Gasteiger partial charge in [-0.15, -0.1) is 0 Å². The van der Waals surface area contributed by atoms with Gasteiger partial charge in [0, 0.05) is 19.2 Å². The van der Waals surface area contributed by atoms with Crippen molar-refractivity contribution in [1.82, 2.24) is 4.90 Å². The van der Waals surface area contributed by atoms with E-state index in [-0.39, 0.29) is 5.69 Å². The molecule has 1 aliphatic rings. The molecule has 1 aliphatic heterocycles. The van der Waals surface area contributed by atoms with Crippen molar-refractivity contribution in [2.24, 2.45) is 5.41 Å². The molecule has 122 valence electrons. The van der Waals surface area contributed by atoms with Crippen LogP contribution in [0.15, 0.2) is 18.2 Å². The van der Waals surface area contributed by atoms with E-state index < -0.39 is 4.92 Å². The summed E-state index contributed by atoms with van der Waals surface area (Å²) in [6, 6.07) is 4.40. The van der Waals surface area contributed by atoms with Gasteiger partial charge in [-0.05, 0) is 30.9 Å². The molecule has 0 bridgehead atoms. The van der Waals surface area contributed by atoms with Gasteiger partial charge in [-0.25, -0.2) is 0 Å². The Morgan fingerprint density at radius 2 is 2.14 bits per heavy atom. The van der Waals surface area contributed by atoms with Gasteiger partial charge in [-0.1, -0.05) is 13.8 Å². The lowest BCUT2D eigenvalue weighted by Crippen LogP contribution is -2.25. The SMILES string of the molecule is COc1ccc([N+](=O)[O-])cc1OCCCN1CCC(C)(C)C1. The molecular weight excluding hydrogens is 284 g/mol. The van der Waals surface area contributed by atoms with Crippen molar-refractivity contribution in [3.05, 3.63) is 28.3 Å². The topological polar surface area (TPSA) is 64.8 Å². The Labute approximate surface area is 131 Å². The minimum absolute atomic E-state index is 0.0112. The van der Waals surface area contributed by atoms with Gasteiger partial charge in [-0.3, -0.25) is 10.1 Å². The number of ether oxygens (including phenoxy) is 2. The summed E-state index contributed by atoms with van der Waals surface area (Å²) in [4.78, 5) is 12.8. The molecule has 0 atom stereocenters. The van der Waals surface area contributed by atoms with Crippen LogP contribution in [0.5, 0.6) is 11.5 Å². The number of hydrogen-bond donors (Lipinski definition) is 0. The summed E-state index contributed by atoms with van der Waals surface area (Å²) in [5.74, 6) is 0.950. The predicted molar refractivity (Wildman–Crippen MR) is 84.6 cm³/mol. The molecule has 1 aromatic rings. The van der Waals surface area contributed by atoms with Gasteiger partial charge in [0.05, 0.1) is 24.7 Å². The molecule has 22 heavy (non-hydrogen) atoms. The summed E-state index contributed by atoms with van der Waals surface area (Å²) in [5.41, 5.74) is 0.418. The molecule has 6 heteroatoms. The van der Waals surface area contributed by atoms with Crippen LogP contribution in [0.3, 0.4) is 0 Å². The van der Waals surface area contributed by atoms with Crippen LogP contribution in [0.25, 0.3) is 0 Å². The molecule has 1 fully saturated rings. The number of likely N-dealkylation sites (tertiary alicyclic amines) is 1. The third kappa shape index (κ3) is 4.34. The second-order valence-electron chi connectivity index (χ2n) is 6.48. The lowest BCUT2D eigenvalue weighted by Gasteiger charge is -2.19. The molecule has 0 spiro atoms. The number of nitrogens with zero attached hydrogens (tertiary/aromatic N) is 2. The number of methoxy groups -OCH3 is 1. The average Bonchev–Trinajstić information content (AvgIpc) is 2.82. The maximum absolute atomic E-state index is 10.8. The Morgan fingerprint density at radius 3 is 2.73 bits per heavy atom. The Hall–Kier alpha value is -1.82. The van der Waals surface area contributed by atoms with Gasteiger partial charge in [0.1, 0.15) is 0 Å². The number of rotatable bonds is 7. The highest BCUT2D eigenvalue weighted by atomic mass is 16.6. The number of nitro groups is 1. The van der Waals surface area contributed by atoms with E-state index in [1.54, 1.807) is 6.07 Å². The molecule has 0 unspecified atom stereocenters. The van der Waals surface area contributed by atoms with Crippen LogP contribution in [-0.2, 0) is 0 Å². The molecule has 0 amide bonds. The molecule has 0 saturated carbocycles. The molecular formula is C16H24N2O4. The minimum Gasteiger partial charge on any atom is -0.493 e. The maximum Gasteiger partial charge on any atom is 0.273 e. The highest BCUT2D eigenvalue weighted by molar-refractivity contribution is 5.48. The fourth-order valence-electron chi connectivity index (χ4n) is 2.78. The minimum atomic E-state index is -0.432. The molecule has 0 aliphatic carbocycles. The monoisotopic (exact) mass is 308 g/mol. The van der Waals surface area contributed by atoms with Crippen LogP contribution in [0.2, 0.25) is 0 Å². The zero-order valence-corrected chi connectivity index (χ0v) is 13.5. The van der Waals surface area contributed by atoms with Crippen molar-refractivity contribution >= 4 is 5.69 Å². The van der Waals surface area contributed by atoms with Gasteiger partial charge >= 0.3 is 0 Å². The Bertz CT molecular complexity index is 531. The molecule has 1 aromatic carbocycles. The Balaban J connectivity index is 1.83. The van der Waals surface area contributed by atoms with E-state index >= 15 is 0 Å². The molecule has 0 radical (unpaired) electrons. The summed E-state index contributed by atoms with van der Waals surface area (Å²) in [7, 11) is 1.53. The first-order valence-electron chi connectivity index (χ1n) is 7.59. The van der Waals surface area contributed by atoms with Crippen molar-refractivity contribution in [3.63, 3.8) is 0 Å². The van der Waals surface area contributed by atoms with Crippen molar-refractivity contribution in [2.45, 2.75) is 26.7 Å². The Kier molecular flexibility index (Phi) is 5.24. The quantitative estimate of drug-likeness (QED) is 0.440. The fraction of sp³-hybridized carbons (Fsp3) is 0.625. The van der Waals surface area contributed by atoms with Gasteiger partial charge in [0.2, 0.25) is 0 Å². The molecule has 1 heterocycles. The van der Waals surface area contributed by atoms with Crippen LogP contribution in [0.4, 0.5) is 5.69 Å². The zero-order chi connectivity index (χ0) is 16.2. The van der Waals surface area contributed by atoms with Gasteiger partial charge in [-0.2, -0.15) is 0 Å². The second-order valence-corrected chi connectivity index (χ2v) is 6.48. The molecule has 0 aromatic heterocycles. The summed E-state index contributed by atoms with van der Waals surface area (Å²) in [5, 5.41) is 10.8. The standard InChI is InChI=1S/C16H24N2O4/c1-16(2)7-9-17(12-16)8-4-10-22-15-11-13(18(19)20)5-6-14(15)21-3/h5-6,11H,4,7-10,12H2,1-3H3. The molecule has 2 rings (SSSR count). The number of benzene rings is 1. The summed E-state index contributed by atoms with van der Waals surface area (Å²) < 4.78 is 10.9. The first-order valence-corrected chi connectivity index (χ1v) is 7.59. The van der Waals surface area contributed by atoms with E-state index in [1.807, 2.05) is 0 Å². The average molecular weight is 308 g/mol. The molecule has 6 nitrogen and oxygen atoms in total. The maximum atomic E-state index is 10.8. The number of non-ortho nitro benzene ring substituents is 1. The van der Waals surface area contributed by atoms with Crippen molar-refractivity contribution in [1.29, 1.82) is 0 Å². The first kappa shape index (κ1) is 16.5. The van der Waals surface area contributed by atoms with E-state index in [0.717, 1.165) is 26.1 Å². The highest BCUT2D eigenvalue weighted by Gasteiger charge is 2.28. The van der Waals surface area contributed by atoms with Crippen LogP contribution in [0, 0.1) is 15.5 Å². The predicted octanol–water partition coefficient (Wildman–Crippen LogP) is 3.10. The largest absolute Gasteiger partial charge is 0.493 e. The van der Waals surface area contributed by atoms with Crippen molar-refractivity contribution in [2.75, 3.05) is 33.4 Å². The second kappa shape index (κ2) is 6.96. The smallest absolute Gasteiger partial charge is 0.273 e. The van der Waals surface area contributed by atoms with E-state index in [2.05, 4.69) is 18.7 Å². The first-order chi connectivity index (χ1) is 10.4. The third-order valence-electron chi connectivity index (χ3n) is 3.99. The van der Waals surface area contributed by atoms with E-state index in [9.17, 15) is 10.1 Å². The normalized spacial score (nSPS) is 17.4. The molecule has 1 saturated heterocycles. The Morgan fingerprint density at radius 1 is 1.36 bits per heavy atom. The van der Waals surface area contributed by atoms with Crippen LogP contribution in [-0.4, -0.2) is 43.2 Å². The third-order valence-corrected chi connectivity index (χ3v) is 3.99. The van der Waals surface area contributed by atoms with Crippen molar-refractivity contribution < 1.29 is 14.4 Å². The van der Waals surface area contributed by atoms with Crippen LogP contribution >= 0.6 is 0 Å². The number of hydrogen-bond acceptors (Lipinski definition) is 5. The van der Waals surface area contributed by atoms with E-state index in [4.69, 9.17) is 9.47 Å². The van der Waals surface area contributed by atoms with E-state index in [1.165, 1.54) is 25.7 Å². The summed E-state index contributed by atoms with van der Waals surface area (Å²) in [6.45, 7) is 8.34.